The highest BCUT2D eigenvalue weighted by molar-refractivity contribution is 5.95. The Labute approximate surface area is 228 Å². The molecular formula is C32H33N3O4. The highest BCUT2D eigenvalue weighted by Crippen LogP contribution is 2.29. The molecule has 1 N–H and O–H groups in total. The van der Waals surface area contributed by atoms with E-state index < -0.39 is 0 Å². The molecule has 0 radical (unpaired) electrons. The largest absolute Gasteiger partial charge is 0.495 e. The van der Waals surface area contributed by atoms with Gasteiger partial charge in [-0.2, -0.15) is 0 Å². The number of fused-ring (bicyclic) bond motifs is 1. The fourth-order valence-electron chi connectivity index (χ4n) is 4.99. The minimum absolute atomic E-state index is 0.0689. The number of rotatable bonds is 8. The highest BCUT2D eigenvalue weighted by atomic mass is 16.5. The quantitative estimate of drug-likeness (QED) is 0.337. The summed E-state index contributed by atoms with van der Waals surface area (Å²) in [7, 11) is 1.70. The van der Waals surface area contributed by atoms with Gasteiger partial charge in [0.25, 0.3) is 0 Å². The molecule has 0 aliphatic carbocycles. The van der Waals surface area contributed by atoms with Crippen LogP contribution < -0.4 is 20.4 Å². The summed E-state index contributed by atoms with van der Waals surface area (Å²) in [5.41, 5.74) is 3.62. The first-order valence-corrected chi connectivity index (χ1v) is 13.2. The Hall–Kier alpha value is -4.36. The lowest BCUT2D eigenvalue weighted by atomic mass is 10.0. The van der Waals surface area contributed by atoms with Crippen molar-refractivity contribution in [3.05, 3.63) is 100 Å². The molecule has 1 aliphatic rings. The molecule has 7 nitrogen and oxygen atoms in total. The summed E-state index contributed by atoms with van der Waals surface area (Å²) in [5, 5.41) is 3.48. The zero-order valence-electron chi connectivity index (χ0n) is 22.4. The second kappa shape index (κ2) is 12.0. The number of piperazine rings is 1. The van der Waals surface area contributed by atoms with E-state index in [-0.39, 0.29) is 11.3 Å². The molecule has 0 saturated carbocycles. The fraction of sp³-hybridized carbons (Fsp3) is 0.250. The third-order valence-electron chi connectivity index (χ3n) is 7.15. The Kier molecular flexibility index (Phi) is 8.08. The Morgan fingerprint density at radius 2 is 1.72 bits per heavy atom. The predicted molar refractivity (Wildman–Crippen MR) is 156 cm³/mol. The SMILES string of the molecule is COc1ccccc1N1CCN(CCNC(=O)C=Cc2cccc3c(=O)c(C)c(-c4ccccc4)oc23)CC1. The number of nitrogens with one attached hydrogen (secondary N) is 1. The van der Waals surface area contributed by atoms with Crippen molar-refractivity contribution >= 4 is 28.6 Å². The molecule has 4 aromatic rings. The molecule has 7 heteroatoms. The Morgan fingerprint density at radius 1 is 0.974 bits per heavy atom. The topological polar surface area (TPSA) is 75.0 Å². The standard InChI is InChI=1S/C32H33N3O4/c1-23-30(37)26-12-8-11-25(32(26)39-31(23)24-9-4-3-5-10-24)15-16-29(36)33-17-18-34-19-21-35(22-20-34)27-13-6-7-14-28(27)38-2/h3-16H,17-22H2,1-2H3,(H,33,36). The minimum Gasteiger partial charge on any atom is -0.495 e. The van der Waals surface area contributed by atoms with E-state index in [1.165, 1.54) is 6.08 Å². The van der Waals surface area contributed by atoms with Crippen LogP contribution in [0.4, 0.5) is 5.69 Å². The van der Waals surface area contributed by atoms with Gasteiger partial charge in [-0.3, -0.25) is 14.5 Å². The maximum atomic E-state index is 13.1. The Bertz CT molecular complexity index is 1540. The van der Waals surface area contributed by atoms with Gasteiger partial charge < -0.3 is 19.4 Å². The second-order valence-corrected chi connectivity index (χ2v) is 9.60. The van der Waals surface area contributed by atoms with E-state index in [1.54, 1.807) is 26.2 Å². The number of carbonyl (C=O) groups excluding carboxylic acids is 1. The van der Waals surface area contributed by atoms with Gasteiger partial charge in [-0.15, -0.1) is 0 Å². The molecule has 0 spiro atoms. The lowest BCUT2D eigenvalue weighted by molar-refractivity contribution is -0.116. The van der Waals surface area contributed by atoms with Crippen LogP contribution in [-0.2, 0) is 4.79 Å². The van der Waals surface area contributed by atoms with Crippen molar-refractivity contribution in [1.82, 2.24) is 10.2 Å². The number of anilines is 1. The maximum Gasteiger partial charge on any atom is 0.244 e. The third-order valence-corrected chi connectivity index (χ3v) is 7.15. The van der Waals surface area contributed by atoms with Crippen LogP contribution in [-0.4, -0.2) is 57.2 Å². The number of hydrogen-bond acceptors (Lipinski definition) is 6. The van der Waals surface area contributed by atoms with Crippen molar-refractivity contribution in [2.75, 3.05) is 51.3 Å². The minimum atomic E-state index is -0.183. The molecule has 200 valence electrons. The first kappa shape index (κ1) is 26.3. The van der Waals surface area contributed by atoms with E-state index in [1.807, 2.05) is 60.7 Å². The van der Waals surface area contributed by atoms with Gasteiger partial charge in [0.05, 0.1) is 18.2 Å². The molecule has 1 aromatic heterocycles. The van der Waals surface area contributed by atoms with Gasteiger partial charge in [-0.05, 0) is 31.2 Å². The van der Waals surface area contributed by atoms with Crippen LogP contribution in [0.15, 0.2) is 88.1 Å². The molecule has 3 aromatic carbocycles. The number of carbonyl (C=O) groups is 1. The third kappa shape index (κ3) is 5.89. The highest BCUT2D eigenvalue weighted by Gasteiger charge is 2.19. The molecule has 0 atom stereocenters. The van der Waals surface area contributed by atoms with Crippen LogP contribution in [0.1, 0.15) is 11.1 Å². The van der Waals surface area contributed by atoms with Gasteiger partial charge in [-0.1, -0.05) is 54.6 Å². The smallest absolute Gasteiger partial charge is 0.244 e. The average Bonchev–Trinajstić information content (AvgIpc) is 2.98. The van der Waals surface area contributed by atoms with Crippen molar-refractivity contribution in [1.29, 1.82) is 0 Å². The Balaban J connectivity index is 1.19. The molecule has 1 saturated heterocycles. The lowest BCUT2D eigenvalue weighted by Gasteiger charge is -2.36. The predicted octanol–water partition coefficient (Wildman–Crippen LogP) is 4.73. The van der Waals surface area contributed by atoms with Crippen LogP contribution in [0.25, 0.3) is 28.4 Å². The number of para-hydroxylation sites is 3. The number of methoxy groups -OCH3 is 1. The van der Waals surface area contributed by atoms with Crippen LogP contribution in [0, 0.1) is 6.92 Å². The normalized spacial score (nSPS) is 14.2. The number of ether oxygens (including phenoxy) is 1. The van der Waals surface area contributed by atoms with Gasteiger partial charge in [0.1, 0.15) is 17.1 Å². The zero-order chi connectivity index (χ0) is 27.2. The van der Waals surface area contributed by atoms with Gasteiger partial charge in [0, 0.05) is 62.0 Å². The molecule has 5 rings (SSSR count). The molecular weight excluding hydrogens is 490 g/mol. The summed E-state index contributed by atoms with van der Waals surface area (Å²) in [6, 6.07) is 23.1. The first-order chi connectivity index (χ1) is 19.0. The number of amides is 1. The summed E-state index contributed by atoms with van der Waals surface area (Å²) in [6.45, 7) is 6.77. The molecule has 0 unspecified atom stereocenters. The second-order valence-electron chi connectivity index (χ2n) is 9.60. The summed E-state index contributed by atoms with van der Waals surface area (Å²) in [6.07, 6.45) is 3.20. The van der Waals surface area contributed by atoms with Crippen molar-refractivity contribution in [3.63, 3.8) is 0 Å². The van der Waals surface area contributed by atoms with Crippen molar-refractivity contribution < 1.29 is 13.9 Å². The molecule has 1 fully saturated rings. The van der Waals surface area contributed by atoms with E-state index in [0.717, 1.165) is 49.7 Å². The van der Waals surface area contributed by atoms with Gasteiger partial charge in [0.2, 0.25) is 5.91 Å². The van der Waals surface area contributed by atoms with Gasteiger partial charge in [0.15, 0.2) is 5.43 Å². The average molecular weight is 524 g/mol. The molecule has 1 aliphatic heterocycles. The van der Waals surface area contributed by atoms with E-state index in [2.05, 4.69) is 21.2 Å². The van der Waals surface area contributed by atoms with E-state index >= 15 is 0 Å². The fourth-order valence-corrected chi connectivity index (χ4v) is 4.99. The monoisotopic (exact) mass is 523 g/mol. The molecule has 1 amide bonds. The molecule has 2 heterocycles. The van der Waals surface area contributed by atoms with Gasteiger partial charge in [-0.25, -0.2) is 0 Å². The van der Waals surface area contributed by atoms with Crippen LogP contribution in [0.3, 0.4) is 0 Å². The maximum absolute atomic E-state index is 13.1. The van der Waals surface area contributed by atoms with Crippen molar-refractivity contribution in [2.45, 2.75) is 6.92 Å². The lowest BCUT2D eigenvalue weighted by Crippen LogP contribution is -2.48. The van der Waals surface area contributed by atoms with E-state index in [9.17, 15) is 9.59 Å². The van der Waals surface area contributed by atoms with E-state index in [4.69, 9.17) is 9.15 Å². The Morgan fingerprint density at radius 3 is 2.49 bits per heavy atom. The number of nitrogens with zero attached hydrogens (tertiary/aromatic N) is 2. The van der Waals surface area contributed by atoms with Crippen molar-refractivity contribution in [3.8, 4) is 17.1 Å². The molecule has 0 bridgehead atoms. The first-order valence-electron chi connectivity index (χ1n) is 13.2. The summed E-state index contributed by atoms with van der Waals surface area (Å²) in [5.74, 6) is 1.25. The zero-order valence-corrected chi connectivity index (χ0v) is 22.4. The number of benzene rings is 3. The van der Waals surface area contributed by atoms with Crippen LogP contribution in [0.2, 0.25) is 0 Å². The van der Waals surface area contributed by atoms with Crippen molar-refractivity contribution in [2.24, 2.45) is 0 Å². The van der Waals surface area contributed by atoms with Gasteiger partial charge >= 0.3 is 0 Å². The summed E-state index contributed by atoms with van der Waals surface area (Å²) in [4.78, 5) is 30.3. The molecule has 39 heavy (non-hydrogen) atoms. The van der Waals surface area contributed by atoms with E-state index in [0.29, 0.717) is 34.4 Å². The number of hydrogen-bond donors (Lipinski definition) is 1. The summed E-state index contributed by atoms with van der Waals surface area (Å²) >= 11 is 0. The van der Waals surface area contributed by atoms with Crippen LogP contribution >= 0.6 is 0 Å². The summed E-state index contributed by atoms with van der Waals surface area (Å²) < 4.78 is 11.7. The van der Waals surface area contributed by atoms with Crippen LogP contribution in [0.5, 0.6) is 5.75 Å².